The number of nitrogens with zero attached hydrogens (tertiary/aromatic N) is 4. The lowest BCUT2D eigenvalue weighted by Gasteiger charge is -2.36. The van der Waals surface area contributed by atoms with Crippen LogP contribution in [0.3, 0.4) is 0 Å². The van der Waals surface area contributed by atoms with Gasteiger partial charge in [-0.15, -0.1) is 0 Å². The average molecular weight is 396 g/mol. The van der Waals surface area contributed by atoms with E-state index in [1.807, 2.05) is 18.2 Å². The van der Waals surface area contributed by atoms with Crippen molar-refractivity contribution >= 4 is 22.8 Å². The minimum absolute atomic E-state index is 0.104. The van der Waals surface area contributed by atoms with Gasteiger partial charge in [0.2, 0.25) is 0 Å². The van der Waals surface area contributed by atoms with E-state index in [0.29, 0.717) is 16.9 Å². The molecule has 0 aliphatic carbocycles. The first-order chi connectivity index (χ1) is 14.7. The first kappa shape index (κ1) is 17.8. The maximum atomic E-state index is 15.2. The number of ether oxygens (including phenoxy) is 1. The number of hydrogen-bond donors (Lipinski definition) is 0. The fourth-order valence-electron chi connectivity index (χ4n) is 3.71. The number of benzene rings is 2. The van der Waals surface area contributed by atoms with E-state index < -0.39 is 18.0 Å². The summed E-state index contributed by atoms with van der Waals surface area (Å²) in [6.45, 7) is 0. The lowest BCUT2D eigenvalue weighted by molar-refractivity contribution is 0.201. The number of fused-ring (bicyclic) bond motifs is 3. The highest BCUT2D eigenvalue weighted by atomic mass is 19.1. The van der Waals surface area contributed by atoms with E-state index in [1.165, 1.54) is 11.0 Å². The van der Waals surface area contributed by atoms with E-state index in [1.54, 1.807) is 54.9 Å². The normalized spacial score (nSPS) is 15.4. The molecule has 6 nitrogen and oxygen atoms in total. The molecule has 0 saturated carbocycles. The Kier molecular flexibility index (Phi) is 4.11. The maximum Gasteiger partial charge on any atom is 0.421 e. The van der Waals surface area contributed by atoms with Crippen molar-refractivity contribution in [2.45, 2.75) is 6.04 Å². The molecule has 1 unspecified atom stereocenters. The molecule has 5 rings (SSSR count). The van der Waals surface area contributed by atoms with Crippen LogP contribution < -0.4 is 9.64 Å². The second-order valence-corrected chi connectivity index (χ2v) is 6.71. The Bertz CT molecular complexity index is 1330. The van der Waals surface area contributed by atoms with Gasteiger partial charge in [-0.25, -0.2) is 19.1 Å². The molecule has 1 aliphatic heterocycles. The topological polar surface area (TPSA) is 79.1 Å². The fourth-order valence-corrected chi connectivity index (χ4v) is 3.71. The second kappa shape index (κ2) is 6.94. The molecule has 1 atom stereocenters. The van der Waals surface area contributed by atoms with Gasteiger partial charge < -0.3 is 4.74 Å². The molecule has 7 heteroatoms. The number of nitriles is 1. The zero-order valence-electron chi connectivity index (χ0n) is 15.5. The van der Waals surface area contributed by atoms with Gasteiger partial charge >= 0.3 is 6.09 Å². The van der Waals surface area contributed by atoms with Crippen LogP contribution in [0, 0.1) is 17.1 Å². The van der Waals surface area contributed by atoms with Crippen LogP contribution in [0.1, 0.15) is 22.7 Å². The number of carbonyl (C=O) groups is 1. The van der Waals surface area contributed by atoms with Crippen molar-refractivity contribution in [3.8, 4) is 11.8 Å². The Morgan fingerprint density at radius 2 is 1.83 bits per heavy atom. The minimum atomic E-state index is -0.879. The van der Waals surface area contributed by atoms with Crippen LogP contribution in [0.15, 0.2) is 73.1 Å². The Labute approximate surface area is 170 Å². The second-order valence-electron chi connectivity index (χ2n) is 6.71. The van der Waals surface area contributed by atoms with E-state index in [9.17, 15) is 10.1 Å². The monoisotopic (exact) mass is 396 g/mol. The molecule has 2 aromatic heterocycles. The lowest BCUT2D eigenvalue weighted by Crippen LogP contribution is -2.42. The maximum absolute atomic E-state index is 15.2. The summed E-state index contributed by atoms with van der Waals surface area (Å²) < 4.78 is 20.9. The van der Waals surface area contributed by atoms with Gasteiger partial charge in [0.15, 0.2) is 5.75 Å². The van der Waals surface area contributed by atoms with Gasteiger partial charge in [0.05, 0.1) is 11.6 Å². The highest BCUT2D eigenvalue weighted by Crippen LogP contribution is 2.44. The van der Waals surface area contributed by atoms with Crippen LogP contribution in [-0.4, -0.2) is 16.1 Å². The SMILES string of the molecule is N#Cc1cccc(C2c3ccc4cccnc4c3OC(=O)N2c2ccccn2)c1F. The van der Waals surface area contributed by atoms with Crippen LogP contribution in [0.2, 0.25) is 0 Å². The third-order valence-electron chi connectivity index (χ3n) is 5.04. The van der Waals surface area contributed by atoms with Crippen molar-refractivity contribution in [1.82, 2.24) is 9.97 Å². The molecule has 0 spiro atoms. The van der Waals surface area contributed by atoms with Crippen molar-refractivity contribution < 1.29 is 13.9 Å². The van der Waals surface area contributed by atoms with Crippen molar-refractivity contribution in [2.24, 2.45) is 0 Å². The number of halogens is 1. The summed E-state index contributed by atoms with van der Waals surface area (Å²) in [5, 5.41) is 10.1. The molecule has 0 saturated heterocycles. The summed E-state index contributed by atoms with van der Waals surface area (Å²) in [5.41, 5.74) is 1.13. The summed E-state index contributed by atoms with van der Waals surface area (Å²) in [4.78, 5) is 23.0. The third kappa shape index (κ3) is 2.66. The molecular formula is C23H13FN4O2. The predicted molar refractivity (Wildman–Crippen MR) is 107 cm³/mol. The number of anilines is 1. The zero-order valence-corrected chi connectivity index (χ0v) is 15.5. The number of hydrogen-bond acceptors (Lipinski definition) is 5. The molecule has 144 valence electrons. The van der Waals surface area contributed by atoms with Gasteiger partial charge in [-0.3, -0.25) is 4.98 Å². The van der Waals surface area contributed by atoms with Gasteiger partial charge in [-0.1, -0.05) is 36.4 Å². The minimum Gasteiger partial charge on any atom is -0.407 e. The van der Waals surface area contributed by atoms with Gasteiger partial charge in [-0.05, 0) is 24.3 Å². The van der Waals surface area contributed by atoms with E-state index in [-0.39, 0.29) is 16.9 Å². The lowest BCUT2D eigenvalue weighted by atomic mass is 9.92. The summed E-state index contributed by atoms with van der Waals surface area (Å²) in [7, 11) is 0. The Hall–Kier alpha value is -4.31. The standard InChI is InChI=1S/C23H13FN4O2/c24-19-15(13-25)5-3-7-16(19)21-17-10-9-14-6-4-12-27-20(14)22(17)30-23(29)28(21)18-8-1-2-11-26-18/h1-12,21H. The summed E-state index contributed by atoms with van der Waals surface area (Å²) in [6.07, 6.45) is 2.44. The van der Waals surface area contributed by atoms with E-state index in [2.05, 4.69) is 9.97 Å². The molecule has 0 bridgehead atoms. The quantitative estimate of drug-likeness (QED) is 0.489. The van der Waals surface area contributed by atoms with Crippen LogP contribution in [0.4, 0.5) is 15.0 Å². The van der Waals surface area contributed by atoms with Crippen molar-refractivity contribution in [2.75, 3.05) is 4.90 Å². The molecule has 30 heavy (non-hydrogen) atoms. The third-order valence-corrected chi connectivity index (χ3v) is 5.04. The van der Waals surface area contributed by atoms with Gasteiger partial charge in [0.1, 0.15) is 23.2 Å². The van der Waals surface area contributed by atoms with E-state index in [4.69, 9.17) is 4.74 Å². The smallest absolute Gasteiger partial charge is 0.407 e. The highest BCUT2D eigenvalue weighted by molar-refractivity contribution is 5.97. The van der Waals surface area contributed by atoms with Gasteiger partial charge in [-0.2, -0.15) is 5.26 Å². The van der Waals surface area contributed by atoms with Crippen LogP contribution in [-0.2, 0) is 0 Å². The first-order valence-electron chi connectivity index (χ1n) is 9.17. The molecule has 0 N–H and O–H groups in total. The van der Waals surface area contributed by atoms with Crippen LogP contribution in [0.25, 0.3) is 10.9 Å². The predicted octanol–water partition coefficient (Wildman–Crippen LogP) is 4.75. The average Bonchev–Trinajstić information content (AvgIpc) is 2.79. The number of pyridine rings is 2. The van der Waals surface area contributed by atoms with Crippen LogP contribution in [0.5, 0.6) is 5.75 Å². The summed E-state index contributed by atoms with van der Waals surface area (Å²) in [5.74, 6) is -0.106. The van der Waals surface area contributed by atoms with Gasteiger partial charge in [0.25, 0.3) is 0 Å². The van der Waals surface area contributed by atoms with Crippen molar-refractivity contribution in [3.05, 3.63) is 95.6 Å². The Morgan fingerprint density at radius 1 is 0.967 bits per heavy atom. The molecule has 0 radical (unpaired) electrons. The van der Waals surface area contributed by atoms with Crippen molar-refractivity contribution in [1.29, 1.82) is 5.26 Å². The zero-order chi connectivity index (χ0) is 20.7. The highest BCUT2D eigenvalue weighted by Gasteiger charge is 2.40. The van der Waals surface area contributed by atoms with Crippen molar-refractivity contribution in [3.63, 3.8) is 0 Å². The Balaban J connectivity index is 1.82. The Morgan fingerprint density at radius 3 is 2.63 bits per heavy atom. The fraction of sp³-hybridized carbons (Fsp3) is 0.0435. The van der Waals surface area contributed by atoms with Crippen LogP contribution >= 0.6 is 0 Å². The molecule has 0 fully saturated rings. The first-order valence-corrected chi connectivity index (χ1v) is 9.17. The number of carbonyl (C=O) groups excluding carboxylic acids is 1. The molecule has 4 aromatic rings. The molecule has 3 heterocycles. The molecular weight excluding hydrogens is 383 g/mol. The number of aromatic nitrogens is 2. The van der Waals surface area contributed by atoms with E-state index >= 15 is 4.39 Å². The molecule has 1 amide bonds. The number of amides is 1. The summed E-state index contributed by atoms with van der Waals surface area (Å²) in [6, 6.07) is 17.9. The largest absolute Gasteiger partial charge is 0.421 e. The molecule has 2 aromatic carbocycles. The van der Waals surface area contributed by atoms with E-state index in [0.717, 1.165) is 5.39 Å². The molecule has 1 aliphatic rings. The number of rotatable bonds is 2. The van der Waals surface area contributed by atoms with Gasteiger partial charge in [0, 0.05) is 28.9 Å². The summed E-state index contributed by atoms with van der Waals surface area (Å²) >= 11 is 0.